The molecule has 3 fully saturated rings. The Morgan fingerprint density at radius 2 is 1.78 bits per heavy atom. The van der Waals surface area contributed by atoms with Gasteiger partial charge in [0.05, 0.1) is 6.10 Å². The topological polar surface area (TPSA) is 55.6 Å². The second-order valence-electron chi connectivity index (χ2n) is 5.62. The molecule has 0 aromatic heterocycles. The second kappa shape index (κ2) is 5.76. The SMILES string of the molecule is Cl.NC[C@H]1CC[C@@H](C(=O)N2C3CCCC2CC3)O1. The van der Waals surface area contributed by atoms with E-state index < -0.39 is 0 Å². The summed E-state index contributed by atoms with van der Waals surface area (Å²) < 4.78 is 5.73. The second-order valence-corrected chi connectivity index (χ2v) is 5.62. The Balaban J connectivity index is 0.00000120. The van der Waals surface area contributed by atoms with Crippen molar-refractivity contribution < 1.29 is 9.53 Å². The molecule has 2 bridgehead atoms. The first kappa shape index (κ1) is 14.1. The molecule has 0 saturated carbocycles. The first-order valence-corrected chi connectivity index (χ1v) is 6.97. The zero-order valence-corrected chi connectivity index (χ0v) is 11.5. The average Bonchev–Trinajstić information content (AvgIpc) is 2.92. The monoisotopic (exact) mass is 274 g/mol. The molecule has 2 N–H and O–H groups in total. The molecule has 0 aliphatic carbocycles. The number of nitrogens with two attached hydrogens (primary N) is 1. The van der Waals surface area contributed by atoms with Crippen molar-refractivity contribution in [3.05, 3.63) is 0 Å². The number of piperidine rings is 1. The van der Waals surface area contributed by atoms with Crippen molar-refractivity contribution in [3.63, 3.8) is 0 Å². The molecule has 104 valence electrons. The molecule has 0 aromatic rings. The molecule has 0 spiro atoms. The number of fused-ring (bicyclic) bond motifs is 2. The fraction of sp³-hybridized carbons (Fsp3) is 0.923. The number of halogens is 1. The van der Waals surface area contributed by atoms with Gasteiger partial charge >= 0.3 is 0 Å². The minimum atomic E-state index is -0.204. The lowest BCUT2D eigenvalue weighted by Crippen LogP contribution is -2.48. The molecule has 1 amide bonds. The highest BCUT2D eigenvalue weighted by Crippen LogP contribution is 2.37. The predicted octanol–water partition coefficient (Wildman–Crippen LogP) is 1.46. The van der Waals surface area contributed by atoms with Crippen LogP contribution in [0.15, 0.2) is 0 Å². The zero-order chi connectivity index (χ0) is 11.8. The highest BCUT2D eigenvalue weighted by Gasteiger charge is 2.43. The molecule has 3 aliphatic rings. The minimum Gasteiger partial charge on any atom is -0.364 e. The summed E-state index contributed by atoms with van der Waals surface area (Å²) in [5, 5.41) is 0. The molecule has 3 aliphatic heterocycles. The lowest BCUT2D eigenvalue weighted by atomic mass is 10.0. The van der Waals surface area contributed by atoms with E-state index in [0.717, 1.165) is 12.8 Å². The van der Waals surface area contributed by atoms with Crippen LogP contribution in [0.4, 0.5) is 0 Å². The third-order valence-corrected chi connectivity index (χ3v) is 4.59. The molecule has 18 heavy (non-hydrogen) atoms. The van der Waals surface area contributed by atoms with Gasteiger partial charge in [-0.3, -0.25) is 4.79 Å². The molecule has 4 nitrogen and oxygen atoms in total. The average molecular weight is 275 g/mol. The van der Waals surface area contributed by atoms with Crippen LogP contribution >= 0.6 is 12.4 Å². The number of carbonyl (C=O) groups is 1. The summed E-state index contributed by atoms with van der Waals surface area (Å²) in [5.41, 5.74) is 5.59. The maximum absolute atomic E-state index is 12.5. The van der Waals surface area contributed by atoms with Gasteiger partial charge in [0, 0.05) is 18.6 Å². The van der Waals surface area contributed by atoms with E-state index in [0.29, 0.717) is 18.6 Å². The summed E-state index contributed by atoms with van der Waals surface area (Å²) in [7, 11) is 0. The smallest absolute Gasteiger partial charge is 0.252 e. The zero-order valence-electron chi connectivity index (χ0n) is 10.7. The van der Waals surface area contributed by atoms with Gasteiger partial charge in [0.25, 0.3) is 5.91 Å². The van der Waals surface area contributed by atoms with Gasteiger partial charge in [-0.05, 0) is 44.9 Å². The Kier molecular flexibility index (Phi) is 4.51. The van der Waals surface area contributed by atoms with Crippen LogP contribution in [-0.4, -0.2) is 41.6 Å². The number of nitrogens with zero attached hydrogens (tertiary/aromatic N) is 1. The van der Waals surface area contributed by atoms with E-state index in [1.807, 2.05) is 0 Å². The Hall–Kier alpha value is -0.320. The van der Waals surface area contributed by atoms with Crippen molar-refractivity contribution >= 4 is 18.3 Å². The van der Waals surface area contributed by atoms with Crippen LogP contribution in [0, 0.1) is 0 Å². The molecule has 4 atom stereocenters. The van der Waals surface area contributed by atoms with Gasteiger partial charge in [0.2, 0.25) is 0 Å². The number of amides is 1. The lowest BCUT2D eigenvalue weighted by Gasteiger charge is -2.36. The number of carbonyl (C=O) groups excluding carboxylic acids is 1. The quantitative estimate of drug-likeness (QED) is 0.829. The van der Waals surface area contributed by atoms with Crippen molar-refractivity contribution in [1.29, 1.82) is 0 Å². The first-order valence-electron chi connectivity index (χ1n) is 6.97. The molecule has 0 aromatic carbocycles. The summed E-state index contributed by atoms with van der Waals surface area (Å²) in [6.07, 6.45) is 7.76. The van der Waals surface area contributed by atoms with Gasteiger partial charge in [-0.1, -0.05) is 0 Å². The van der Waals surface area contributed by atoms with Crippen LogP contribution < -0.4 is 5.73 Å². The van der Waals surface area contributed by atoms with Gasteiger partial charge in [-0.15, -0.1) is 12.4 Å². The summed E-state index contributed by atoms with van der Waals surface area (Å²) in [4.78, 5) is 14.6. The van der Waals surface area contributed by atoms with E-state index in [1.54, 1.807) is 0 Å². The summed E-state index contributed by atoms with van der Waals surface area (Å²) in [6.45, 7) is 0.538. The molecular formula is C13H23ClN2O2. The van der Waals surface area contributed by atoms with E-state index in [9.17, 15) is 4.79 Å². The van der Waals surface area contributed by atoms with Crippen LogP contribution in [0.1, 0.15) is 44.9 Å². The molecule has 3 saturated heterocycles. The molecule has 2 unspecified atom stereocenters. The Morgan fingerprint density at radius 3 is 2.33 bits per heavy atom. The maximum Gasteiger partial charge on any atom is 0.252 e. The van der Waals surface area contributed by atoms with Crippen molar-refractivity contribution in [3.8, 4) is 0 Å². The van der Waals surface area contributed by atoms with Crippen LogP contribution in [0.25, 0.3) is 0 Å². The number of ether oxygens (including phenoxy) is 1. The van der Waals surface area contributed by atoms with Gasteiger partial charge in [0.15, 0.2) is 0 Å². The highest BCUT2D eigenvalue weighted by atomic mass is 35.5. The Labute approximate surface area is 115 Å². The first-order chi connectivity index (χ1) is 8.29. The van der Waals surface area contributed by atoms with Crippen molar-refractivity contribution in [2.75, 3.05) is 6.54 Å². The van der Waals surface area contributed by atoms with Crippen LogP contribution in [0.3, 0.4) is 0 Å². The Bertz CT molecular complexity index is 297. The van der Waals surface area contributed by atoms with Crippen molar-refractivity contribution in [1.82, 2.24) is 4.90 Å². The normalized spacial score (nSPS) is 38.6. The fourth-order valence-corrected chi connectivity index (χ4v) is 3.70. The largest absolute Gasteiger partial charge is 0.364 e. The molecule has 3 heterocycles. The van der Waals surface area contributed by atoms with E-state index in [1.165, 1.54) is 32.1 Å². The summed E-state index contributed by atoms with van der Waals surface area (Å²) >= 11 is 0. The van der Waals surface area contributed by atoms with Crippen LogP contribution in [0.5, 0.6) is 0 Å². The number of hydrogen-bond acceptors (Lipinski definition) is 3. The van der Waals surface area contributed by atoms with E-state index in [4.69, 9.17) is 10.5 Å². The minimum absolute atomic E-state index is 0. The number of hydrogen-bond donors (Lipinski definition) is 1. The highest BCUT2D eigenvalue weighted by molar-refractivity contribution is 5.85. The fourth-order valence-electron chi connectivity index (χ4n) is 3.70. The predicted molar refractivity (Wildman–Crippen MR) is 71.7 cm³/mol. The standard InChI is InChI=1S/C13H22N2O2.ClH/c14-8-11-6-7-12(17-11)13(16)15-9-2-1-3-10(15)5-4-9;/h9-12H,1-8,14H2;1H/t9?,10?,11-,12+;/m1./s1. The van der Waals surface area contributed by atoms with Crippen LogP contribution in [-0.2, 0) is 9.53 Å². The molecule has 5 heteroatoms. The third kappa shape index (κ3) is 2.38. The summed E-state index contributed by atoms with van der Waals surface area (Å²) in [6, 6.07) is 1.00. The Morgan fingerprint density at radius 1 is 1.11 bits per heavy atom. The number of rotatable bonds is 2. The van der Waals surface area contributed by atoms with Crippen molar-refractivity contribution in [2.45, 2.75) is 69.2 Å². The van der Waals surface area contributed by atoms with E-state index in [2.05, 4.69) is 4.90 Å². The van der Waals surface area contributed by atoms with Gasteiger partial charge in [0.1, 0.15) is 6.10 Å². The van der Waals surface area contributed by atoms with Gasteiger partial charge < -0.3 is 15.4 Å². The van der Waals surface area contributed by atoms with Crippen LogP contribution in [0.2, 0.25) is 0 Å². The molecule has 0 radical (unpaired) electrons. The third-order valence-electron chi connectivity index (χ3n) is 4.59. The maximum atomic E-state index is 12.5. The summed E-state index contributed by atoms with van der Waals surface area (Å²) in [5.74, 6) is 0.244. The van der Waals surface area contributed by atoms with E-state index in [-0.39, 0.29) is 30.5 Å². The van der Waals surface area contributed by atoms with Gasteiger partial charge in [-0.2, -0.15) is 0 Å². The lowest BCUT2D eigenvalue weighted by molar-refractivity contribution is -0.147. The molecular weight excluding hydrogens is 252 g/mol. The van der Waals surface area contributed by atoms with Crippen molar-refractivity contribution in [2.24, 2.45) is 5.73 Å². The van der Waals surface area contributed by atoms with E-state index >= 15 is 0 Å². The van der Waals surface area contributed by atoms with Gasteiger partial charge in [-0.25, -0.2) is 0 Å². The molecule has 3 rings (SSSR count).